The quantitative estimate of drug-likeness (QED) is 0.595. The maximum atomic E-state index is 11.6. The summed E-state index contributed by atoms with van der Waals surface area (Å²) in [6.07, 6.45) is 4.18. The number of rotatable bonds is 0. The summed E-state index contributed by atoms with van der Waals surface area (Å²) in [7, 11) is 1.97. The maximum Gasteiger partial charge on any atom is 0.222 e. The van der Waals surface area contributed by atoms with E-state index in [1.54, 1.807) is 0 Å². The van der Waals surface area contributed by atoms with Gasteiger partial charge in [0.1, 0.15) is 0 Å². The van der Waals surface area contributed by atoms with Crippen LogP contribution in [0.3, 0.4) is 0 Å². The van der Waals surface area contributed by atoms with Crippen LogP contribution in [0, 0.1) is 5.92 Å². The zero-order valence-electron chi connectivity index (χ0n) is 8.25. The second-order valence-electron chi connectivity index (χ2n) is 4.22. The number of fused-ring (bicyclic) bond motifs is 1. The number of nitrogens with zero attached hydrogens (tertiary/aromatic N) is 1. The summed E-state index contributed by atoms with van der Waals surface area (Å²) in [4.78, 5) is 13.6. The molecule has 1 N–H and O–H groups in total. The summed E-state index contributed by atoms with van der Waals surface area (Å²) in [5.74, 6) is 1.04. The van der Waals surface area contributed by atoms with Gasteiger partial charge in [0.15, 0.2) is 0 Å². The first kappa shape index (κ1) is 9.00. The molecular weight excluding hydrogens is 164 g/mol. The minimum absolute atomic E-state index is 0.342. The molecule has 0 aromatic heterocycles. The Morgan fingerprint density at radius 3 is 3.15 bits per heavy atom. The van der Waals surface area contributed by atoms with Gasteiger partial charge in [-0.3, -0.25) is 4.79 Å². The molecule has 0 spiro atoms. The van der Waals surface area contributed by atoms with Crippen molar-refractivity contribution in [1.82, 2.24) is 10.2 Å². The van der Waals surface area contributed by atoms with E-state index in [0.717, 1.165) is 32.4 Å². The number of likely N-dealkylation sites (tertiary alicyclic amines) is 1. The molecule has 0 bridgehead atoms. The van der Waals surface area contributed by atoms with Gasteiger partial charge in [-0.25, -0.2) is 0 Å². The van der Waals surface area contributed by atoms with Crippen LogP contribution in [0.25, 0.3) is 0 Å². The van der Waals surface area contributed by atoms with E-state index in [1.807, 2.05) is 11.9 Å². The molecule has 2 fully saturated rings. The third kappa shape index (κ3) is 1.70. The molecule has 0 saturated carbocycles. The molecule has 3 heteroatoms. The van der Waals surface area contributed by atoms with Crippen molar-refractivity contribution in [2.75, 3.05) is 20.1 Å². The molecule has 0 radical (unpaired) electrons. The molecule has 2 rings (SSSR count). The fourth-order valence-electron chi connectivity index (χ4n) is 2.59. The van der Waals surface area contributed by atoms with Crippen LogP contribution in [0.2, 0.25) is 0 Å². The molecule has 2 saturated heterocycles. The predicted molar refractivity (Wildman–Crippen MR) is 51.4 cm³/mol. The smallest absolute Gasteiger partial charge is 0.222 e. The van der Waals surface area contributed by atoms with Crippen LogP contribution in [-0.4, -0.2) is 37.0 Å². The molecule has 0 aliphatic carbocycles. The number of hydrogen-bond donors (Lipinski definition) is 1. The number of nitrogens with one attached hydrogen (secondary N) is 1. The predicted octanol–water partition coefficient (Wildman–Crippen LogP) is 0.607. The number of carbonyl (C=O) groups is 1. The van der Waals surface area contributed by atoms with Gasteiger partial charge < -0.3 is 10.2 Å². The Labute approximate surface area is 79.5 Å². The Balaban J connectivity index is 2.11. The monoisotopic (exact) mass is 182 g/mol. The molecular formula is C10H18N2O. The van der Waals surface area contributed by atoms with Crippen molar-refractivity contribution in [1.29, 1.82) is 0 Å². The van der Waals surface area contributed by atoms with Gasteiger partial charge in [-0.15, -0.1) is 0 Å². The van der Waals surface area contributed by atoms with E-state index < -0.39 is 0 Å². The van der Waals surface area contributed by atoms with Crippen LogP contribution in [0.5, 0.6) is 0 Å². The fourth-order valence-corrected chi connectivity index (χ4v) is 2.59. The lowest BCUT2D eigenvalue weighted by Crippen LogP contribution is -2.48. The normalized spacial score (nSPS) is 35.5. The molecule has 2 aliphatic heterocycles. The summed E-state index contributed by atoms with van der Waals surface area (Å²) >= 11 is 0. The van der Waals surface area contributed by atoms with Gasteiger partial charge >= 0.3 is 0 Å². The molecule has 3 nitrogen and oxygen atoms in total. The van der Waals surface area contributed by atoms with Crippen LogP contribution < -0.4 is 5.32 Å². The Morgan fingerprint density at radius 1 is 1.46 bits per heavy atom. The van der Waals surface area contributed by atoms with Gasteiger partial charge in [0.25, 0.3) is 0 Å². The van der Waals surface area contributed by atoms with Gasteiger partial charge in [-0.2, -0.15) is 0 Å². The molecule has 0 unspecified atom stereocenters. The largest absolute Gasteiger partial charge is 0.342 e. The Bertz CT molecular complexity index is 205. The van der Waals surface area contributed by atoms with Gasteiger partial charge in [-0.05, 0) is 38.3 Å². The van der Waals surface area contributed by atoms with E-state index >= 15 is 0 Å². The van der Waals surface area contributed by atoms with Gasteiger partial charge in [0.2, 0.25) is 5.91 Å². The minimum atomic E-state index is 0.342. The topological polar surface area (TPSA) is 32.3 Å². The fraction of sp³-hybridized carbons (Fsp3) is 0.900. The zero-order valence-corrected chi connectivity index (χ0v) is 8.25. The summed E-state index contributed by atoms with van der Waals surface area (Å²) < 4.78 is 0. The summed E-state index contributed by atoms with van der Waals surface area (Å²) in [5.41, 5.74) is 0. The maximum absolute atomic E-state index is 11.6. The zero-order chi connectivity index (χ0) is 9.26. The molecule has 0 aromatic carbocycles. The third-order valence-corrected chi connectivity index (χ3v) is 3.42. The SMILES string of the molecule is CN1C(=O)CCC[C@@H]2CNCC[C@H]21. The molecule has 1 amide bonds. The second kappa shape index (κ2) is 3.66. The van der Waals surface area contributed by atoms with Gasteiger partial charge in [0.05, 0.1) is 0 Å². The van der Waals surface area contributed by atoms with E-state index in [9.17, 15) is 4.79 Å². The standard InChI is InChI=1S/C10H18N2O/c1-12-9-5-6-11-7-8(9)3-2-4-10(12)13/h8-9,11H,2-7H2,1H3/t8-,9-/m1/s1. The second-order valence-corrected chi connectivity index (χ2v) is 4.22. The number of hydrogen-bond acceptors (Lipinski definition) is 2. The minimum Gasteiger partial charge on any atom is -0.342 e. The van der Waals surface area contributed by atoms with E-state index in [1.165, 1.54) is 6.42 Å². The molecule has 0 aromatic rings. The van der Waals surface area contributed by atoms with E-state index in [4.69, 9.17) is 0 Å². The third-order valence-electron chi connectivity index (χ3n) is 3.42. The first-order chi connectivity index (χ1) is 6.29. The first-order valence-corrected chi connectivity index (χ1v) is 5.25. The summed E-state index contributed by atoms with van der Waals surface area (Å²) in [5, 5.41) is 3.41. The van der Waals surface area contributed by atoms with Gasteiger partial charge in [0, 0.05) is 19.5 Å². The number of piperidine rings is 1. The van der Waals surface area contributed by atoms with Crippen molar-refractivity contribution in [3.63, 3.8) is 0 Å². The van der Waals surface area contributed by atoms with Crippen LogP contribution in [0.1, 0.15) is 25.7 Å². The molecule has 74 valence electrons. The molecule has 2 aliphatic rings. The van der Waals surface area contributed by atoms with Crippen molar-refractivity contribution >= 4 is 5.91 Å². The lowest BCUT2D eigenvalue weighted by Gasteiger charge is -2.36. The highest BCUT2D eigenvalue weighted by Crippen LogP contribution is 2.26. The molecule has 2 atom stereocenters. The Kier molecular flexibility index (Phi) is 2.54. The van der Waals surface area contributed by atoms with Crippen molar-refractivity contribution in [2.45, 2.75) is 31.7 Å². The van der Waals surface area contributed by atoms with Crippen molar-refractivity contribution in [3.05, 3.63) is 0 Å². The van der Waals surface area contributed by atoms with Crippen LogP contribution in [0.4, 0.5) is 0 Å². The summed E-state index contributed by atoms with van der Waals surface area (Å²) in [6.45, 7) is 2.17. The molecule has 13 heavy (non-hydrogen) atoms. The Hall–Kier alpha value is -0.570. The first-order valence-electron chi connectivity index (χ1n) is 5.25. The van der Waals surface area contributed by atoms with Gasteiger partial charge in [-0.1, -0.05) is 0 Å². The van der Waals surface area contributed by atoms with E-state index in [2.05, 4.69) is 5.32 Å². The van der Waals surface area contributed by atoms with E-state index in [0.29, 0.717) is 17.9 Å². The lowest BCUT2D eigenvalue weighted by atomic mass is 9.90. The van der Waals surface area contributed by atoms with Crippen LogP contribution in [0.15, 0.2) is 0 Å². The highest BCUT2D eigenvalue weighted by atomic mass is 16.2. The average Bonchev–Trinajstić information content (AvgIpc) is 2.29. The Morgan fingerprint density at radius 2 is 2.31 bits per heavy atom. The van der Waals surface area contributed by atoms with Crippen molar-refractivity contribution < 1.29 is 4.79 Å². The van der Waals surface area contributed by atoms with Crippen LogP contribution >= 0.6 is 0 Å². The average molecular weight is 182 g/mol. The van der Waals surface area contributed by atoms with Crippen molar-refractivity contribution in [3.8, 4) is 0 Å². The highest BCUT2D eigenvalue weighted by molar-refractivity contribution is 5.76. The van der Waals surface area contributed by atoms with Crippen LogP contribution in [-0.2, 0) is 4.79 Å². The number of carbonyl (C=O) groups excluding carboxylic acids is 1. The summed E-state index contributed by atoms with van der Waals surface area (Å²) in [6, 6.07) is 0.510. The number of amides is 1. The van der Waals surface area contributed by atoms with E-state index in [-0.39, 0.29) is 0 Å². The molecule has 2 heterocycles. The highest BCUT2D eigenvalue weighted by Gasteiger charge is 2.32. The lowest BCUT2D eigenvalue weighted by molar-refractivity contribution is -0.132. The van der Waals surface area contributed by atoms with Crippen molar-refractivity contribution in [2.24, 2.45) is 5.92 Å².